The van der Waals surface area contributed by atoms with E-state index in [0.29, 0.717) is 11.0 Å². The minimum Gasteiger partial charge on any atom is -0.362 e. The van der Waals surface area contributed by atoms with Crippen LogP contribution in [-0.2, 0) is 4.79 Å². The number of nitrogens with one attached hydrogen (secondary N) is 3. The number of carbonyl (C=O) groups is 1. The highest BCUT2D eigenvalue weighted by Crippen LogP contribution is 2.32. The molecule has 9 heteroatoms. The van der Waals surface area contributed by atoms with Crippen molar-refractivity contribution in [3.8, 4) is 0 Å². The maximum absolute atomic E-state index is 12.4. The molecule has 0 bridgehead atoms. The molecule has 0 atom stereocenters. The van der Waals surface area contributed by atoms with Gasteiger partial charge in [0.15, 0.2) is 11.0 Å². The summed E-state index contributed by atoms with van der Waals surface area (Å²) in [6, 6.07) is 9.77. The Morgan fingerprint density at radius 1 is 1.12 bits per heavy atom. The first-order valence-electron chi connectivity index (χ1n) is 10.8. The molecule has 3 aromatic rings. The minimum atomic E-state index is 0.129. The standard InChI is InChI=1S/C23H29N7OS/c1-14-13-19(29-28-14)25-20-15(2)21(30(3)4)27-23(26-20)32-18-11-9-17(10-12-18)24-22(31)16-7-5-6-8-16/h9-13,16H,5-8H2,1-4H3,(H,24,31)(H2,25,26,27,28,29). The average Bonchev–Trinajstić information content (AvgIpc) is 3.43. The lowest BCUT2D eigenvalue weighted by atomic mass is 10.1. The Hall–Kier alpha value is -3.07. The molecule has 0 radical (unpaired) electrons. The van der Waals surface area contributed by atoms with Gasteiger partial charge in [-0.3, -0.25) is 9.89 Å². The summed E-state index contributed by atoms with van der Waals surface area (Å²) >= 11 is 1.48. The van der Waals surface area contributed by atoms with E-state index in [1.807, 2.05) is 63.2 Å². The molecular weight excluding hydrogens is 422 g/mol. The van der Waals surface area contributed by atoms with Gasteiger partial charge in [0.1, 0.15) is 11.6 Å². The fraction of sp³-hybridized carbons (Fsp3) is 0.391. The van der Waals surface area contributed by atoms with Crippen molar-refractivity contribution in [3.63, 3.8) is 0 Å². The third-order valence-corrected chi connectivity index (χ3v) is 6.41. The van der Waals surface area contributed by atoms with Gasteiger partial charge in [-0.25, -0.2) is 9.97 Å². The zero-order valence-electron chi connectivity index (χ0n) is 18.9. The molecule has 1 aliphatic carbocycles. The quantitative estimate of drug-likeness (QED) is 0.439. The molecule has 8 nitrogen and oxygen atoms in total. The molecule has 0 saturated heterocycles. The van der Waals surface area contributed by atoms with Crippen LogP contribution in [0.5, 0.6) is 0 Å². The largest absolute Gasteiger partial charge is 0.362 e. The fourth-order valence-corrected chi connectivity index (χ4v) is 4.59. The molecule has 2 aromatic heterocycles. The van der Waals surface area contributed by atoms with Gasteiger partial charge in [0.2, 0.25) is 5.91 Å². The fourth-order valence-electron chi connectivity index (χ4n) is 3.84. The number of aromatic amines is 1. The molecule has 4 rings (SSSR count). The number of rotatable bonds is 7. The Morgan fingerprint density at radius 2 is 1.84 bits per heavy atom. The van der Waals surface area contributed by atoms with E-state index in [2.05, 4.69) is 20.8 Å². The lowest BCUT2D eigenvalue weighted by molar-refractivity contribution is -0.119. The van der Waals surface area contributed by atoms with Crippen molar-refractivity contribution in [2.75, 3.05) is 29.6 Å². The number of amides is 1. The van der Waals surface area contributed by atoms with E-state index in [4.69, 9.17) is 9.97 Å². The topological polar surface area (TPSA) is 98.8 Å². The van der Waals surface area contributed by atoms with Gasteiger partial charge in [-0.2, -0.15) is 5.10 Å². The first kappa shape index (κ1) is 22.1. The van der Waals surface area contributed by atoms with Crippen LogP contribution >= 0.6 is 11.8 Å². The van der Waals surface area contributed by atoms with Gasteiger partial charge in [0, 0.05) is 47.9 Å². The second-order valence-corrected chi connectivity index (χ2v) is 9.40. The summed E-state index contributed by atoms with van der Waals surface area (Å²) < 4.78 is 0. The Morgan fingerprint density at radius 3 is 2.47 bits per heavy atom. The van der Waals surface area contributed by atoms with Crippen molar-refractivity contribution in [3.05, 3.63) is 41.6 Å². The zero-order chi connectivity index (χ0) is 22.7. The second-order valence-electron chi connectivity index (χ2n) is 8.36. The minimum absolute atomic E-state index is 0.129. The highest BCUT2D eigenvalue weighted by atomic mass is 32.2. The van der Waals surface area contributed by atoms with Gasteiger partial charge in [-0.05, 0) is 62.7 Å². The summed E-state index contributed by atoms with van der Waals surface area (Å²) in [7, 11) is 3.93. The third-order valence-electron chi connectivity index (χ3n) is 5.53. The predicted molar refractivity (Wildman–Crippen MR) is 129 cm³/mol. The van der Waals surface area contributed by atoms with Crippen LogP contribution in [0.2, 0.25) is 0 Å². The van der Waals surface area contributed by atoms with E-state index in [0.717, 1.165) is 59.2 Å². The van der Waals surface area contributed by atoms with Crippen LogP contribution in [0.1, 0.15) is 36.9 Å². The van der Waals surface area contributed by atoms with Crippen molar-refractivity contribution in [1.82, 2.24) is 20.2 Å². The van der Waals surface area contributed by atoms with Gasteiger partial charge >= 0.3 is 0 Å². The van der Waals surface area contributed by atoms with Crippen molar-refractivity contribution < 1.29 is 4.79 Å². The van der Waals surface area contributed by atoms with Crippen LogP contribution in [0.3, 0.4) is 0 Å². The molecule has 0 spiro atoms. The maximum Gasteiger partial charge on any atom is 0.227 e. The molecule has 168 valence electrons. The molecule has 1 saturated carbocycles. The molecule has 1 aliphatic rings. The van der Waals surface area contributed by atoms with Crippen molar-refractivity contribution >= 4 is 40.8 Å². The molecule has 0 unspecified atom stereocenters. The van der Waals surface area contributed by atoms with Crippen molar-refractivity contribution in [1.29, 1.82) is 0 Å². The molecule has 1 amide bonds. The smallest absolute Gasteiger partial charge is 0.227 e. The number of aryl methyl sites for hydroxylation is 1. The van der Waals surface area contributed by atoms with Crippen LogP contribution in [0.4, 0.5) is 23.1 Å². The van der Waals surface area contributed by atoms with E-state index in [-0.39, 0.29) is 11.8 Å². The van der Waals surface area contributed by atoms with Crippen LogP contribution in [-0.4, -0.2) is 40.2 Å². The highest BCUT2D eigenvalue weighted by molar-refractivity contribution is 7.99. The summed E-state index contributed by atoms with van der Waals surface area (Å²) in [5.74, 6) is 2.56. The first-order chi connectivity index (χ1) is 15.4. The second kappa shape index (κ2) is 9.60. The van der Waals surface area contributed by atoms with Crippen LogP contribution in [0.15, 0.2) is 40.4 Å². The van der Waals surface area contributed by atoms with E-state index >= 15 is 0 Å². The molecule has 32 heavy (non-hydrogen) atoms. The molecular formula is C23H29N7OS. The number of aromatic nitrogens is 4. The number of hydrogen-bond donors (Lipinski definition) is 3. The number of H-pyrrole nitrogens is 1. The van der Waals surface area contributed by atoms with Crippen molar-refractivity contribution in [2.45, 2.75) is 49.6 Å². The van der Waals surface area contributed by atoms with Gasteiger partial charge in [0.05, 0.1) is 0 Å². The molecule has 2 heterocycles. The Balaban J connectivity index is 1.50. The number of nitrogens with zero attached hydrogens (tertiary/aromatic N) is 4. The van der Waals surface area contributed by atoms with Crippen LogP contribution in [0, 0.1) is 19.8 Å². The number of anilines is 4. The molecule has 1 fully saturated rings. The van der Waals surface area contributed by atoms with Gasteiger partial charge in [0.25, 0.3) is 0 Å². The average molecular weight is 452 g/mol. The van der Waals surface area contributed by atoms with Crippen LogP contribution < -0.4 is 15.5 Å². The van der Waals surface area contributed by atoms with Gasteiger partial charge in [-0.15, -0.1) is 0 Å². The van der Waals surface area contributed by atoms with E-state index in [1.54, 1.807) is 0 Å². The summed E-state index contributed by atoms with van der Waals surface area (Å²) in [5.41, 5.74) is 2.74. The number of hydrogen-bond acceptors (Lipinski definition) is 7. The summed E-state index contributed by atoms with van der Waals surface area (Å²) in [6.07, 6.45) is 4.28. The van der Waals surface area contributed by atoms with Gasteiger partial charge in [-0.1, -0.05) is 12.8 Å². The first-order valence-corrected chi connectivity index (χ1v) is 11.6. The van der Waals surface area contributed by atoms with E-state index in [1.165, 1.54) is 11.8 Å². The summed E-state index contributed by atoms with van der Waals surface area (Å²) in [5, 5.41) is 14.2. The number of benzene rings is 1. The molecule has 3 N–H and O–H groups in total. The SMILES string of the molecule is Cc1cc(Nc2nc(Sc3ccc(NC(=O)C4CCCC4)cc3)nc(N(C)C)c2C)n[nH]1. The lowest BCUT2D eigenvalue weighted by Crippen LogP contribution is -2.20. The normalized spacial score (nSPS) is 13.9. The summed E-state index contributed by atoms with van der Waals surface area (Å²) in [4.78, 5) is 24.8. The highest BCUT2D eigenvalue weighted by Gasteiger charge is 2.22. The Labute approximate surface area is 192 Å². The van der Waals surface area contributed by atoms with E-state index in [9.17, 15) is 4.79 Å². The molecule has 1 aromatic carbocycles. The monoisotopic (exact) mass is 451 g/mol. The number of carbonyl (C=O) groups excluding carboxylic acids is 1. The Kier molecular flexibility index (Phi) is 6.64. The van der Waals surface area contributed by atoms with Crippen LogP contribution in [0.25, 0.3) is 0 Å². The molecule has 0 aliphatic heterocycles. The van der Waals surface area contributed by atoms with Gasteiger partial charge < -0.3 is 15.5 Å². The predicted octanol–water partition coefficient (Wildman–Crippen LogP) is 4.91. The van der Waals surface area contributed by atoms with Crippen molar-refractivity contribution in [2.24, 2.45) is 5.92 Å². The zero-order valence-corrected chi connectivity index (χ0v) is 19.7. The van der Waals surface area contributed by atoms with E-state index < -0.39 is 0 Å². The lowest BCUT2D eigenvalue weighted by Gasteiger charge is -2.18. The maximum atomic E-state index is 12.4. The Bertz CT molecular complexity index is 1090. The third kappa shape index (κ3) is 5.21. The summed E-state index contributed by atoms with van der Waals surface area (Å²) in [6.45, 7) is 3.95.